The van der Waals surface area contributed by atoms with Gasteiger partial charge in [0.2, 0.25) is 5.91 Å². The summed E-state index contributed by atoms with van der Waals surface area (Å²) in [6, 6.07) is 0.0648. The molecule has 3 nitrogen and oxygen atoms in total. The van der Waals surface area contributed by atoms with Crippen molar-refractivity contribution in [1.29, 1.82) is 0 Å². The zero-order valence-electron chi connectivity index (χ0n) is 10.3. The fourth-order valence-electron chi connectivity index (χ4n) is 3.16. The van der Waals surface area contributed by atoms with Gasteiger partial charge in [-0.05, 0) is 42.9 Å². The van der Waals surface area contributed by atoms with Crippen molar-refractivity contribution >= 4 is 5.91 Å². The molecule has 0 aromatic heterocycles. The van der Waals surface area contributed by atoms with Gasteiger partial charge in [-0.2, -0.15) is 0 Å². The molecule has 3 aliphatic rings. The van der Waals surface area contributed by atoms with E-state index in [1.807, 2.05) is 0 Å². The monoisotopic (exact) mass is 222 g/mol. The highest BCUT2D eigenvalue weighted by atomic mass is 16.2. The molecule has 0 spiro atoms. The smallest absolute Gasteiger partial charge is 0.241 e. The Labute approximate surface area is 97.6 Å². The zero-order valence-corrected chi connectivity index (χ0v) is 10.3. The van der Waals surface area contributed by atoms with Crippen molar-refractivity contribution < 1.29 is 4.79 Å². The van der Waals surface area contributed by atoms with Gasteiger partial charge in [-0.25, -0.2) is 0 Å². The third-order valence-electron chi connectivity index (χ3n) is 4.59. The Morgan fingerprint density at radius 1 is 1.44 bits per heavy atom. The van der Waals surface area contributed by atoms with Crippen LogP contribution in [0.5, 0.6) is 0 Å². The number of rotatable bonds is 4. The van der Waals surface area contributed by atoms with Crippen LogP contribution >= 0.6 is 0 Å². The van der Waals surface area contributed by atoms with E-state index >= 15 is 0 Å². The molecule has 1 saturated heterocycles. The van der Waals surface area contributed by atoms with E-state index in [9.17, 15) is 4.79 Å². The Bertz CT molecular complexity index is 305. The lowest BCUT2D eigenvalue weighted by molar-refractivity contribution is -0.130. The van der Waals surface area contributed by atoms with Gasteiger partial charge in [0.15, 0.2) is 0 Å². The molecule has 1 unspecified atom stereocenters. The van der Waals surface area contributed by atoms with Crippen LogP contribution < -0.4 is 5.32 Å². The van der Waals surface area contributed by atoms with Crippen LogP contribution in [-0.4, -0.2) is 30.1 Å². The Morgan fingerprint density at radius 3 is 2.56 bits per heavy atom. The van der Waals surface area contributed by atoms with Crippen LogP contribution in [0.3, 0.4) is 0 Å². The van der Waals surface area contributed by atoms with Crippen LogP contribution in [0.25, 0.3) is 0 Å². The van der Waals surface area contributed by atoms with Crippen LogP contribution in [0.1, 0.15) is 39.5 Å². The number of hydrogen-bond donors (Lipinski definition) is 1. The van der Waals surface area contributed by atoms with Crippen molar-refractivity contribution in [1.82, 2.24) is 10.2 Å². The lowest BCUT2D eigenvalue weighted by Gasteiger charge is -2.23. The van der Waals surface area contributed by atoms with E-state index in [-0.39, 0.29) is 6.04 Å². The molecule has 16 heavy (non-hydrogen) atoms. The SMILES string of the molecule is CC(C)C1NCN(CC2(C3CC3)CC2)C1=O. The van der Waals surface area contributed by atoms with Gasteiger partial charge < -0.3 is 4.90 Å². The first-order chi connectivity index (χ1) is 7.62. The summed E-state index contributed by atoms with van der Waals surface area (Å²) in [5.74, 6) is 1.69. The molecule has 1 atom stereocenters. The fourth-order valence-corrected chi connectivity index (χ4v) is 3.16. The molecule has 1 N–H and O–H groups in total. The second kappa shape index (κ2) is 3.46. The molecule has 90 valence electrons. The largest absolute Gasteiger partial charge is 0.328 e. The summed E-state index contributed by atoms with van der Waals surface area (Å²) >= 11 is 0. The molecule has 3 heteroatoms. The average Bonchev–Trinajstić information content (AvgIpc) is 3.10. The molecular formula is C13H22N2O. The third-order valence-corrected chi connectivity index (χ3v) is 4.59. The molecule has 3 rings (SSSR count). The van der Waals surface area contributed by atoms with Crippen molar-refractivity contribution in [2.45, 2.75) is 45.6 Å². The van der Waals surface area contributed by atoms with Crippen LogP contribution in [0.2, 0.25) is 0 Å². The quantitative estimate of drug-likeness (QED) is 0.783. The van der Waals surface area contributed by atoms with Crippen LogP contribution in [0, 0.1) is 17.3 Å². The second-order valence-corrected chi connectivity index (χ2v) is 6.26. The van der Waals surface area contributed by atoms with Gasteiger partial charge in [-0.15, -0.1) is 0 Å². The lowest BCUT2D eigenvalue weighted by atomic mass is 9.99. The Hall–Kier alpha value is -0.570. The van der Waals surface area contributed by atoms with E-state index in [4.69, 9.17) is 0 Å². The highest BCUT2D eigenvalue weighted by molar-refractivity contribution is 5.84. The van der Waals surface area contributed by atoms with Crippen molar-refractivity contribution in [2.24, 2.45) is 17.3 Å². The van der Waals surface area contributed by atoms with Crippen LogP contribution in [-0.2, 0) is 4.79 Å². The van der Waals surface area contributed by atoms with Gasteiger partial charge in [-0.3, -0.25) is 10.1 Å². The molecule has 0 bridgehead atoms. The average molecular weight is 222 g/mol. The van der Waals surface area contributed by atoms with Gasteiger partial charge in [0.05, 0.1) is 12.7 Å². The normalized spacial score (nSPS) is 32.6. The van der Waals surface area contributed by atoms with Gasteiger partial charge in [0.1, 0.15) is 0 Å². The number of amides is 1. The standard InChI is InChI=1S/C13H22N2O/c1-9(2)11-12(16)15(8-14-11)7-13(5-6-13)10-3-4-10/h9-11,14H,3-8H2,1-2H3. The minimum atomic E-state index is 0.0648. The molecule has 2 aliphatic carbocycles. The molecule has 0 aromatic carbocycles. The second-order valence-electron chi connectivity index (χ2n) is 6.26. The number of hydrogen-bond acceptors (Lipinski definition) is 2. The lowest BCUT2D eigenvalue weighted by Crippen LogP contribution is -2.37. The first kappa shape index (κ1) is 10.6. The molecule has 1 heterocycles. The van der Waals surface area contributed by atoms with Gasteiger partial charge >= 0.3 is 0 Å². The highest BCUT2D eigenvalue weighted by Crippen LogP contribution is 2.61. The molecule has 3 fully saturated rings. The topological polar surface area (TPSA) is 32.3 Å². The maximum Gasteiger partial charge on any atom is 0.241 e. The van der Waals surface area contributed by atoms with Crippen molar-refractivity contribution in [2.75, 3.05) is 13.2 Å². The van der Waals surface area contributed by atoms with E-state index < -0.39 is 0 Å². The maximum atomic E-state index is 12.2. The third kappa shape index (κ3) is 1.65. The molecule has 2 saturated carbocycles. The predicted octanol–water partition coefficient (Wildman–Crippen LogP) is 1.59. The number of carbonyl (C=O) groups excluding carboxylic acids is 1. The summed E-state index contributed by atoms with van der Waals surface area (Å²) in [7, 11) is 0. The van der Waals surface area contributed by atoms with Crippen LogP contribution in [0.4, 0.5) is 0 Å². The van der Waals surface area contributed by atoms with E-state index in [0.29, 0.717) is 17.2 Å². The summed E-state index contributed by atoms with van der Waals surface area (Å²) in [4.78, 5) is 14.2. The maximum absolute atomic E-state index is 12.2. The van der Waals surface area contributed by atoms with Crippen molar-refractivity contribution in [3.63, 3.8) is 0 Å². The number of nitrogens with one attached hydrogen (secondary N) is 1. The first-order valence-corrected chi connectivity index (χ1v) is 6.64. The first-order valence-electron chi connectivity index (χ1n) is 6.64. The van der Waals surface area contributed by atoms with E-state index in [1.165, 1.54) is 25.7 Å². The summed E-state index contributed by atoms with van der Waals surface area (Å²) < 4.78 is 0. The number of carbonyl (C=O) groups is 1. The summed E-state index contributed by atoms with van der Waals surface area (Å²) in [6.45, 7) is 6.03. The van der Waals surface area contributed by atoms with E-state index in [0.717, 1.165) is 19.1 Å². The zero-order chi connectivity index (χ0) is 11.3. The van der Waals surface area contributed by atoms with Gasteiger partial charge in [0, 0.05) is 6.54 Å². The predicted molar refractivity (Wildman–Crippen MR) is 62.7 cm³/mol. The fraction of sp³-hybridized carbons (Fsp3) is 0.923. The highest BCUT2D eigenvalue weighted by Gasteiger charge is 2.55. The van der Waals surface area contributed by atoms with E-state index in [1.54, 1.807) is 0 Å². The molecule has 1 aliphatic heterocycles. The van der Waals surface area contributed by atoms with Gasteiger partial charge in [0.25, 0.3) is 0 Å². The Kier molecular flexibility index (Phi) is 2.29. The molecular weight excluding hydrogens is 200 g/mol. The van der Waals surface area contributed by atoms with E-state index in [2.05, 4.69) is 24.1 Å². The van der Waals surface area contributed by atoms with Gasteiger partial charge in [-0.1, -0.05) is 13.8 Å². The Morgan fingerprint density at radius 2 is 2.12 bits per heavy atom. The van der Waals surface area contributed by atoms with Crippen molar-refractivity contribution in [3.05, 3.63) is 0 Å². The molecule has 0 aromatic rings. The summed E-state index contributed by atoms with van der Waals surface area (Å²) in [6.07, 6.45) is 5.52. The molecule has 0 radical (unpaired) electrons. The summed E-state index contributed by atoms with van der Waals surface area (Å²) in [5.41, 5.74) is 0.545. The summed E-state index contributed by atoms with van der Waals surface area (Å²) in [5, 5.41) is 3.34. The minimum Gasteiger partial charge on any atom is -0.328 e. The Balaban J connectivity index is 1.62. The van der Waals surface area contributed by atoms with Crippen molar-refractivity contribution in [3.8, 4) is 0 Å². The number of nitrogens with zero attached hydrogens (tertiary/aromatic N) is 1. The van der Waals surface area contributed by atoms with Crippen LogP contribution in [0.15, 0.2) is 0 Å². The minimum absolute atomic E-state index is 0.0648. The molecule has 1 amide bonds.